The molecule has 0 radical (unpaired) electrons. The van der Waals surface area contributed by atoms with Crippen molar-refractivity contribution in [3.8, 4) is 0 Å². The van der Waals surface area contributed by atoms with Crippen molar-refractivity contribution in [1.29, 1.82) is 0 Å². The molecule has 4 nitrogen and oxygen atoms in total. The summed E-state index contributed by atoms with van der Waals surface area (Å²) >= 11 is 0. The first-order valence-corrected chi connectivity index (χ1v) is 7.33. The lowest BCUT2D eigenvalue weighted by molar-refractivity contribution is 0.425. The Balaban J connectivity index is 0.00000264. The molecule has 0 atom stereocenters. The summed E-state index contributed by atoms with van der Waals surface area (Å²) in [6.07, 6.45) is 3.72. The molecule has 2 aromatic carbocycles. The van der Waals surface area contributed by atoms with Gasteiger partial charge in [0.2, 0.25) is 0 Å². The van der Waals surface area contributed by atoms with Gasteiger partial charge in [-0.2, -0.15) is 0 Å². The molecule has 122 valence electrons. The Hall–Kier alpha value is -2.33. The summed E-state index contributed by atoms with van der Waals surface area (Å²) in [7, 11) is 4.04. The number of likely N-dealkylation sites (N-methyl/N-ethyl adjacent to an activating group) is 2. The Morgan fingerprint density at radius 1 is 0.696 bits per heavy atom. The van der Waals surface area contributed by atoms with Crippen molar-refractivity contribution >= 4 is 36.5 Å². The van der Waals surface area contributed by atoms with Crippen LogP contribution in [0.1, 0.15) is 0 Å². The van der Waals surface area contributed by atoms with E-state index in [1.54, 1.807) is 0 Å². The first kappa shape index (κ1) is 18.7. The Kier molecular flexibility index (Phi) is 8.47. The van der Waals surface area contributed by atoms with E-state index in [-0.39, 0.29) is 12.4 Å². The third-order valence-corrected chi connectivity index (χ3v) is 3.13. The van der Waals surface area contributed by atoms with Crippen LogP contribution in [-0.4, -0.2) is 49.7 Å². The van der Waals surface area contributed by atoms with Crippen molar-refractivity contribution in [3.63, 3.8) is 0 Å². The molecule has 2 rings (SSSR count). The molecule has 0 aliphatic heterocycles. The van der Waals surface area contributed by atoms with E-state index in [4.69, 9.17) is 0 Å². The Morgan fingerprint density at radius 2 is 1.04 bits per heavy atom. The summed E-state index contributed by atoms with van der Waals surface area (Å²) in [5, 5.41) is 0. The highest BCUT2D eigenvalue weighted by molar-refractivity contribution is 5.85. The molecule has 0 aliphatic carbocycles. The monoisotopic (exact) mass is 330 g/mol. The second-order valence-electron chi connectivity index (χ2n) is 5.12. The molecule has 0 heterocycles. The van der Waals surface area contributed by atoms with Gasteiger partial charge in [0.15, 0.2) is 0 Å². The van der Waals surface area contributed by atoms with Gasteiger partial charge in [0.1, 0.15) is 0 Å². The fourth-order valence-corrected chi connectivity index (χ4v) is 1.79. The normalized spacial score (nSPS) is 10.7. The topological polar surface area (TPSA) is 31.2 Å². The third kappa shape index (κ3) is 7.47. The molecule has 0 spiro atoms. The Labute approximate surface area is 144 Å². The Bertz CT molecular complexity index is 543. The number of aliphatic imine (C=N–C) groups is 2. The van der Waals surface area contributed by atoms with Gasteiger partial charge >= 0.3 is 0 Å². The number of benzene rings is 2. The van der Waals surface area contributed by atoms with Crippen molar-refractivity contribution in [2.75, 3.05) is 27.2 Å². The average molecular weight is 331 g/mol. The second-order valence-corrected chi connectivity index (χ2v) is 5.12. The van der Waals surface area contributed by atoms with Crippen molar-refractivity contribution < 1.29 is 0 Å². The second kappa shape index (κ2) is 10.4. The maximum atomic E-state index is 4.43. The van der Waals surface area contributed by atoms with Gasteiger partial charge in [-0.15, -0.1) is 12.4 Å². The van der Waals surface area contributed by atoms with Crippen LogP contribution in [0.5, 0.6) is 0 Å². The van der Waals surface area contributed by atoms with Crippen LogP contribution in [0.3, 0.4) is 0 Å². The highest BCUT2D eigenvalue weighted by Gasteiger charge is 1.96. The van der Waals surface area contributed by atoms with Crippen molar-refractivity contribution in [3.05, 3.63) is 60.7 Å². The average Bonchev–Trinajstić information content (AvgIpc) is 2.58. The quantitative estimate of drug-likeness (QED) is 0.567. The lowest BCUT2D eigenvalue weighted by atomic mass is 10.3. The molecular formula is C18H23ClN4. The van der Waals surface area contributed by atoms with Gasteiger partial charge in [-0.1, -0.05) is 36.4 Å². The number of hydrogen-bond donors (Lipinski definition) is 0. The molecule has 0 unspecified atom stereocenters. The zero-order chi connectivity index (χ0) is 15.6. The van der Waals surface area contributed by atoms with E-state index in [0.717, 1.165) is 24.5 Å². The number of halogens is 1. The molecule has 5 heteroatoms. The van der Waals surface area contributed by atoms with Crippen LogP contribution in [-0.2, 0) is 0 Å². The van der Waals surface area contributed by atoms with Crippen LogP contribution in [0.15, 0.2) is 70.6 Å². The zero-order valence-electron chi connectivity index (χ0n) is 13.5. The largest absolute Gasteiger partial charge is 0.364 e. The van der Waals surface area contributed by atoms with Crippen LogP contribution in [0.4, 0.5) is 11.4 Å². The van der Waals surface area contributed by atoms with Gasteiger partial charge in [0.05, 0.1) is 24.1 Å². The van der Waals surface area contributed by atoms with Gasteiger partial charge in [0.25, 0.3) is 0 Å². The van der Waals surface area contributed by atoms with E-state index in [0.29, 0.717) is 0 Å². The summed E-state index contributed by atoms with van der Waals surface area (Å²) in [5.41, 5.74) is 1.93. The van der Waals surface area contributed by atoms with Crippen LogP contribution in [0.25, 0.3) is 0 Å². The van der Waals surface area contributed by atoms with E-state index in [9.17, 15) is 0 Å². The smallest absolute Gasteiger partial charge is 0.0910 e. The molecule has 2 aromatic rings. The van der Waals surface area contributed by atoms with Crippen molar-refractivity contribution in [1.82, 2.24) is 9.80 Å². The van der Waals surface area contributed by atoms with Crippen LogP contribution in [0, 0.1) is 0 Å². The summed E-state index contributed by atoms with van der Waals surface area (Å²) in [6, 6.07) is 19.9. The van der Waals surface area contributed by atoms with Gasteiger partial charge in [-0.3, -0.25) is 0 Å². The third-order valence-electron chi connectivity index (χ3n) is 3.13. The molecule has 0 saturated heterocycles. The fourth-order valence-electron chi connectivity index (χ4n) is 1.79. The molecule has 0 bridgehead atoms. The summed E-state index contributed by atoms with van der Waals surface area (Å²) in [6.45, 7) is 1.77. The molecule has 0 saturated carbocycles. The minimum Gasteiger partial charge on any atom is -0.364 e. The van der Waals surface area contributed by atoms with E-state index >= 15 is 0 Å². The van der Waals surface area contributed by atoms with Crippen molar-refractivity contribution in [2.45, 2.75) is 0 Å². The van der Waals surface area contributed by atoms with Crippen LogP contribution < -0.4 is 0 Å². The summed E-state index contributed by atoms with van der Waals surface area (Å²) in [4.78, 5) is 13.0. The lowest BCUT2D eigenvalue weighted by Crippen LogP contribution is -2.29. The molecule has 0 fully saturated rings. The number of rotatable bonds is 7. The number of hydrogen-bond acceptors (Lipinski definition) is 2. The molecule has 0 aromatic heterocycles. The number of nitrogens with zero attached hydrogens (tertiary/aromatic N) is 4. The lowest BCUT2D eigenvalue weighted by Gasteiger charge is -2.18. The predicted octanol–water partition coefficient (Wildman–Crippen LogP) is 3.99. The predicted molar refractivity (Wildman–Crippen MR) is 102 cm³/mol. The highest BCUT2D eigenvalue weighted by atomic mass is 35.5. The molecule has 0 N–H and O–H groups in total. The van der Waals surface area contributed by atoms with E-state index in [1.807, 2.05) is 87.4 Å². The first-order valence-electron chi connectivity index (χ1n) is 7.33. The minimum absolute atomic E-state index is 0. The fraction of sp³-hybridized carbons (Fsp3) is 0.222. The van der Waals surface area contributed by atoms with Gasteiger partial charge < -0.3 is 9.80 Å². The molecule has 23 heavy (non-hydrogen) atoms. The first-order chi connectivity index (χ1) is 10.7. The van der Waals surface area contributed by atoms with Crippen molar-refractivity contribution in [2.24, 2.45) is 9.98 Å². The maximum Gasteiger partial charge on any atom is 0.0910 e. The maximum absolute atomic E-state index is 4.43. The number of para-hydroxylation sites is 2. The Morgan fingerprint density at radius 3 is 1.39 bits per heavy atom. The van der Waals surface area contributed by atoms with Crippen LogP contribution >= 0.6 is 12.4 Å². The van der Waals surface area contributed by atoms with E-state index in [1.165, 1.54) is 0 Å². The molecule has 0 aliphatic rings. The zero-order valence-corrected chi connectivity index (χ0v) is 14.4. The highest BCUT2D eigenvalue weighted by Crippen LogP contribution is 2.09. The minimum atomic E-state index is 0. The van der Waals surface area contributed by atoms with Gasteiger partial charge in [0, 0.05) is 27.2 Å². The van der Waals surface area contributed by atoms with Crippen LogP contribution in [0.2, 0.25) is 0 Å². The molecule has 0 amide bonds. The van der Waals surface area contributed by atoms with E-state index in [2.05, 4.69) is 19.8 Å². The summed E-state index contributed by atoms with van der Waals surface area (Å²) < 4.78 is 0. The molecular weight excluding hydrogens is 308 g/mol. The van der Waals surface area contributed by atoms with E-state index < -0.39 is 0 Å². The van der Waals surface area contributed by atoms with Gasteiger partial charge in [-0.05, 0) is 24.3 Å². The standard InChI is InChI=1S/C18H22N4.ClH/c1-21(15-19-17-9-5-3-6-10-17)13-14-22(2)16-20-18-11-7-4-8-12-18;/h3-12,15-16H,13-14H2,1-2H3;1H. The SMILES string of the molecule is CN(C=Nc1ccccc1)CCN(C)C=Nc1ccccc1.Cl. The summed E-state index contributed by atoms with van der Waals surface area (Å²) in [5.74, 6) is 0. The van der Waals surface area contributed by atoms with Gasteiger partial charge in [-0.25, -0.2) is 9.98 Å².